The first-order valence-corrected chi connectivity index (χ1v) is 5.35. The molecule has 4 nitrogen and oxygen atoms in total. The van der Waals surface area contributed by atoms with E-state index < -0.39 is 0 Å². The van der Waals surface area contributed by atoms with Gasteiger partial charge in [0, 0.05) is 22.5 Å². The summed E-state index contributed by atoms with van der Waals surface area (Å²) >= 11 is 0. The predicted molar refractivity (Wildman–Crippen MR) is 71.5 cm³/mol. The number of hydrogen-bond donors (Lipinski definition) is 2. The number of carbonyl (C=O) groups excluding carboxylic acids is 2. The largest absolute Gasteiger partial charge is 0.398 e. The van der Waals surface area contributed by atoms with Gasteiger partial charge in [-0.3, -0.25) is 9.59 Å². The van der Waals surface area contributed by atoms with E-state index in [0.717, 1.165) is 11.1 Å². The van der Waals surface area contributed by atoms with E-state index in [1.54, 1.807) is 36.4 Å². The Labute approximate surface area is 104 Å². The molecule has 0 amide bonds. The monoisotopic (exact) mass is 240 g/mol. The summed E-state index contributed by atoms with van der Waals surface area (Å²) in [6.45, 7) is 0. The predicted octanol–water partition coefficient (Wildman–Crippen LogP) is 2.14. The molecule has 0 unspecified atom stereocenters. The third kappa shape index (κ3) is 2.08. The lowest BCUT2D eigenvalue weighted by atomic mass is 10.00. The number of aldehydes is 2. The quantitative estimate of drug-likeness (QED) is 0.635. The zero-order chi connectivity index (χ0) is 13.1. The second-order valence-corrected chi connectivity index (χ2v) is 3.92. The number of anilines is 2. The minimum Gasteiger partial charge on any atom is -0.398 e. The van der Waals surface area contributed by atoms with Gasteiger partial charge in [0.15, 0.2) is 12.6 Å². The van der Waals surface area contributed by atoms with Crippen LogP contribution in [0.1, 0.15) is 20.7 Å². The molecule has 2 aromatic rings. The fraction of sp³-hybridized carbons (Fsp3) is 0. The second-order valence-electron chi connectivity index (χ2n) is 3.92. The molecule has 0 aliphatic rings. The molecule has 18 heavy (non-hydrogen) atoms. The number of benzene rings is 2. The van der Waals surface area contributed by atoms with Gasteiger partial charge in [0.25, 0.3) is 0 Å². The Hall–Kier alpha value is -2.62. The van der Waals surface area contributed by atoms with Gasteiger partial charge >= 0.3 is 0 Å². The van der Waals surface area contributed by atoms with Gasteiger partial charge in [-0.25, -0.2) is 0 Å². The normalized spacial score (nSPS) is 10.0. The topological polar surface area (TPSA) is 86.2 Å². The van der Waals surface area contributed by atoms with E-state index in [9.17, 15) is 9.59 Å². The lowest BCUT2D eigenvalue weighted by molar-refractivity contribution is 0.111. The maximum atomic E-state index is 10.8. The highest BCUT2D eigenvalue weighted by molar-refractivity contribution is 5.89. The molecular formula is C14H12N2O2. The van der Waals surface area contributed by atoms with Gasteiger partial charge in [0.2, 0.25) is 0 Å². The summed E-state index contributed by atoms with van der Waals surface area (Å²) in [7, 11) is 0. The smallest absolute Gasteiger partial charge is 0.152 e. The Morgan fingerprint density at radius 3 is 1.44 bits per heavy atom. The number of nitrogens with two attached hydrogens (primary N) is 2. The molecule has 2 rings (SSSR count). The van der Waals surface area contributed by atoms with Gasteiger partial charge in [-0.2, -0.15) is 0 Å². The Balaban J connectivity index is 2.54. The van der Waals surface area contributed by atoms with Crippen LogP contribution in [-0.2, 0) is 0 Å². The molecule has 2 aromatic carbocycles. The van der Waals surface area contributed by atoms with Crippen LogP contribution in [-0.4, -0.2) is 12.6 Å². The molecule has 0 radical (unpaired) electrons. The van der Waals surface area contributed by atoms with Gasteiger partial charge < -0.3 is 11.5 Å². The van der Waals surface area contributed by atoms with Crippen molar-refractivity contribution in [1.82, 2.24) is 0 Å². The van der Waals surface area contributed by atoms with Crippen molar-refractivity contribution in [3.8, 4) is 11.1 Å². The van der Waals surface area contributed by atoms with Crippen molar-refractivity contribution in [1.29, 1.82) is 0 Å². The lowest BCUT2D eigenvalue weighted by Gasteiger charge is -2.06. The van der Waals surface area contributed by atoms with Gasteiger partial charge in [-0.1, -0.05) is 12.1 Å². The van der Waals surface area contributed by atoms with E-state index in [1.807, 2.05) is 0 Å². The van der Waals surface area contributed by atoms with Gasteiger partial charge in [0.1, 0.15) is 0 Å². The van der Waals surface area contributed by atoms with Crippen molar-refractivity contribution < 1.29 is 9.59 Å². The molecule has 4 N–H and O–H groups in total. The average Bonchev–Trinajstić information content (AvgIpc) is 2.40. The van der Waals surface area contributed by atoms with Crippen molar-refractivity contribution in [2.45, 2.75) is 0 Å². The standard InChI is InChI=1S/C14H12N2O2/c15-13-3-1-9(5-11(13)7-17)10-2-4-14(16)12(6-10)8-18/h1-8H,15-16H2. The van der Waals surface area contributed by atoms with Crippen LogP contribution in [0, 0.1) is 0 Å². The molecule has 0 fully saturated rings. The second kappa shape index (κ2) is 4.71. The zero-order valence-corrected chi connectivity index (χ0v) is 9.59. The number of carbonyl (C=O) groups is 2. The highest BCUT2D eigenvalue weighted by Gasteiger charge is 2.05. The van der Waals surface area contributed by atoms with Crippen molar-refractivity contribution in [3.63, 3.8) is 0 Å². The Morgan fingerprint density at radius 2 is 1.11 bits per heavy atom. The van der Waals surface area contributed by atoms with Crippen molar-refractivity contribution in [2.24, 2.45) is 0 Å². The summed E-state index contributed by atoms with van der Waals surface area (Å²) in [5.74, 6) is 0. The molecule has 0 aliphatic carbocycles. The molecule has 0 aliphatic heterocycles. The number of rotatable bonds is 3. The third-order valence-electron chi connectivity index (χ3n) is 2.76. The van der Waals surface area contributed by atoms with E-state index in [-0.39, 0.29) is 0 Å². The fourth-order valence-electron chi connectivity index (χ4n) is 1.71. The molecule has 0 spiro atoms. The first kappa shape index (κ1) is 11.9. The molecular weight excluding hydrogens is 228 g/mol. The van der Waals surface area contributed by atoms with Crippen LogP contribution in [0.2, 0.25) is 0 Å². The van der Waals surface area contributed by atoms with E-state index in [2.05, 4.69) is 0 Å². The van der Waals surface area contributed by atoms with Gasteiger partial charge in [-0.15, -0.1) is 0 Å². The van der Waals surface area contributed by atoms with Gasteiger partial charge in [0.05, 0.1) is 0 Å². The highest BCUT2D eigenvalue weighted by atomic mass is 16.1. The Morgan fingerprint density at radius 1 is 0.722 bits per heavy atom. The summed E-state index contributed by atoms with van der Waals surface area (Å²) in [5, 5.41) is 0. The SMILES string of the molecule is Nc1ccc(-c2ccc(N)c(C=O)c2)cc1C=O. The molecule has 0 aromatic heterocycles. The first-order chi connectivity index (χ1) is 8.65. The van der Waals surface area contributed by atoms with Crippen LogP contribution < -0.4 is 11.5 Å². The molecule has 0 bridgehead atoms. The Kier molecular flexibility index (Phi) is 3.10. The minimum atomic E-state index is 0.428. The van der Waals surface area contributed by atoms with Crippen LogP contribution >= 0.6 is 0 Å². The minimum absolute atomic E-state index is 0.428. The van der Waals surface area contributed by atoms with E-state index in [0.29, 0.717) is 35.1 Å². The summed E-state index contributed by atoms with van der Waals surface area (Å²) in [5.41, 5.74) is 14.6. The summed E-state index contributed by atoms with van der Waals surface area (Å²) in [4.78, 5) is 21.7. The lowest BCUT2D eigenvalue weighted by Crippen LogP contribution is -1.95. The highest BCUT2D eigenvalue weighted by Crippen LogP contribution is 2.25. The van der Waals surface area contributed by atoms with Crippen LogP contribution in [0.25, 0.3) is 11.1 Å². The van der Waals surface area contributed by atoms with Crippen LogP contribution in [0.4, 0.5) is 11.4 Å². The zero-order valence-electron chi connectivity index (χ0n) is 9.59. The third-order valence-corrected chi connectivity index (χ3v) is 2.76. The number of hydrogen-bond acceptors (Lipinski definition) is 4. The van der Waals surface area contributed by atoms with Crippen molar-refractivity contribution >= 4 is 23.9 Å². The van der Waals surface area contributed by atoms with Crippen LogP contribution in [0.15, 0.2) is 36.4 Å². The van der Waals surface area contributed by atoms with E-state index in [4.69, 9.17) is 11.5 Å². The Bertz CT molecular complexity index is 566. The first-order valence-electron chi connectivity index (χ1n) is 5.35. The van der Waals surface area contributed by atoms with E-state index in [1.165, 1.54) is 0 Å². The van der Waals surface area contributed by atoms with Crippen LogP contribution in [0.3, 0.4) is 0 Å². The molecule has 90 valence electrons. The number of nitrogen functional groups attached to an aromatic ring is 2. The van der Waals surface area contributed by atoms with Crippen LogP contribution in [0.5, 0.6) is 0 Å². The summed E-state index contributed by atoms with van der Waals surface area (Å²) < 4.78 is 0. The molecule has 0 heterocycles. The molecule has 0 saturated heterocycles. The molecule has 4 heteroatoms. The fourth-order valence-corrected chi connectivity index (χ4v) is 1.71. The molecule has 0 saturated carbocycles. The molecule has 0 atom stereocenters. The van der Waals surface area contributed by atoms with Crippen molar-refractivity contribution in [3.05, 3.63) is 47.5 Å². The summed E-state index contributed by atoms with van der Waals surface area (Å²) in [6, 6.07) is 10.3. The maximum absolute atomic E-state index is 10.8. The average molecular weight is 240 g/mol. The van der Waals surface area contributed by atoms with Gasteiger partial charge in [-0.05, 0) is 35.4 Å². The van der Waals surface area contributed by atoms with E-state index >= 15 is 0 Å². The van der Waals surface area contributed by atoms with Crippen molar-refractivity contribution in [2.75, 3.05) is 11.5 Å². The summed E-state index contributed by atoms with van der Waals surface area (Å²) in [6.07, 6.45) is 1.41. The maximum Gasteiger partial charge on any atom is 0.152 e.